The van der Waals surface area contributed by atoms with E-state index in [0.29, 0.717) is 5.69 Å². The van der Waals surface area contributed by atoms with Crippen molar-refractivity contribution in [2.75, 3.05) is 10.6 Å². The predicted octanol–water partition coefficient (Wildman–Crippen LogP) is 5.64. The van der Waals surface area contributed by atoms with Crippen LogP contribution in [0.15, 0.2) is 72.8 Å². The molecular formula is C20H17Cl3N4OS. The van der Waals surface area contributed by atoms with Crippen LogP contribution in [-0.4, -0.2) is 21.1 Å². The van der Waals surface area contributed by atoms with E-state index in [-0.39, 0.29) is 5.11 Å². The summed E-state index contributed by atoms with van der Waals surface area (Å²) in [5, 5.41) is 13.4. The number of nitrogens with one attached hydrogen (secondary N) is 4. The molecule has 4 N–H and O–H groups in total. The number of urea groups is 1. The van der Waals surface area contributed by atoms with E-state index < -0.39 is 16.0 Å². The monoisotopic (exact) mass is 466 g/mol. The first-order valence-electron chi connectivity index (χ1n) is 8.57. The van der Waals surface area contributed by atoms with Gasteiger partial charge in [-0.2, -0.15) is 0 Å². The van der Waals surface area contributed by atoms with E-state index in [4.69, 9.17) is 47.0 Å². The Morgan fingerprint density at radius 3 is 2.21 bits per heavy atom. The maximum Gasteiger partial charge on any atom is 0.320 e. The lowest BCUT2D eigenvalue weighted by Crippen LogP contribution is -2.57. The highest BCUT2D eigenvalue weighted by atomic mass is 35.6. The molecule has 29 heavy (non-hydrogen) atoms. The van der Waals surface area contributed by atoms with E-state index in [2.05, 4.69) is 21.3 Å². The van der Waals surface area contributed by atoms with Crippen molar-refractivity contribution in [3.8, 4) is 0 Å². The number of rotatable bonds is 4. The normalized spacial score (nSPS) is 12.1. The number of amides is 2. The number of halogens is 3. The van der Waals surface area contributed by atoms with Gasteiger partial charge in [-0.05, 0) is 35.8 Å². The van der Waals surface area contributed by atoms with Gasteiger partial charge in [0.05, 0.1) is 0 Å². The Labute approximate surface area is 188 Å². The molecule has 0 saturated carbocycles. The number of benzene rings is 3. The maximum atomic E-state index is 12.3. The SMILES string of the molecule is O=C(Nc1ccccc1)N[C@H](NC(=S)Nc1cccc2ccccc12)C(Cl)(Cl)Cl. The van der Waals surface area contributed by atoms with Gasteiger partial charge in [-0.1, -0.05) is 89.4 Å². The fourth-order valence-electron chi connectivity index (χ4n) is 2.64. The summed E-state index contributed by atoms with van der Waals surface area (Å²) in [4.78, 5) is 12.3. The second kappa shape index (κ2) is 9.50. The van der Waals surface area contributed by atoms with Crippen LogP contribution in [0.3, 0.4) is 0 Å². The third kappa shape index (κ3) is 6.11. The second-order valence-corrected chi connectivity index (χ2v) is 8.84. The molecule has 5 nitrogen and oxygen atoms in total. The van der Waals surface area contributed by atoms with Gasteiger partial charge < -0.3 is 21.3 Å². The molecule has 3 aromatic rings. The van der Waals surface area contributed by atoms with Crippen molar-refractivity contribution in [1.82, 2.24) is 10.6 Å². The minimum Gasteiger partial charge on any atom is -0.339 e. The quantitative estimate of drug-likeness (QED) is 0.228. The van der Waals surface area contributed by atoms with Crippen LogP contribution in [0.2, 0.25) is 0 Å². The molecule has 9 heteroatoms. The van der Waals surface area contributed by atoms with Gasteiger partial charge in [0.1, 0.15) is 0 Å². The average Bonchev–Trinajstić information content (AvgIpc) is 2.68. The summed E-state index contributed by atoms with van der Waals surface area (Å²) in [6.45, 7) is 0. The Balaban J connectivity index is 1.68. The molecule has 150 valence electrons. The molecule has 0 aliphatic rings. The van der Waals surface area contributed by atoms with E-state index in [1.807, 2.05) is 48.5 Å². The van der Waals surface area contributed by atoms with Gasteiger partial charge in [0.2, 0.25) is 3.79 Å². The van der Waals surface area contributed by atoms with Gasteiger partial charge in [-0.3, -0.25) is 0 Å². The zero-order valence-electron chi connectivity index (χ0n) is 15.0. The van der Waals surface area contributed by atoms with Crippen LogP contribution in [0.1, 0.15) is 0 Å². The Hall–Kier alpha value is -2.25. The number of para-hydroxylation sites is 1. The highest BCUT2D eigenvalue weighted by Crippen LogP contribution is 2.29. The lowest BCUT2D eigenvalue weighted by molar-refractivity contribution is 0.247. The number of thiocarbonyl (C=S) groups is 1. The largest absolute Gasteiger partial charge is 0.339 e. The zero-order chi connectivity index (χ0) is 20.9. The van der Waals surface area contributed by atoms with Crippen LogP contribution in [0.4, 0.5) is 16.2 Å². The lowest BCUT2D eigenvalue weighted by Gasteiger charge is -2.28. The van der Waals surface area contributed by atoms with Crippen molar-refractivity contribution in [2.45, 2.75) is 9.96 Å². The predicted molar refractivity (Wildman–Crippen MR) is 126 cm³/mol. The van der Waals surface area contributed by atoms with Crippen LogP contribution < -0.4 is 21.3 Å². The minimum absolute atomic E-state index is 0.192. The van der Waals surface area contributed by atoms with E-state index in [1.54, 1.807) is 24.3 Å². The van der Waals surface area contributed by atoms with Crippen LogP contribution in [0, 0.1) is 0 Å². The molecule has 0 heterocycles. The van der Waals surface area contributed by atoms with Crippen molar-refractivity contribution in [1.29, 1.82) is 0 Å². The molecule has 0 saturated heterocycles. The maximum absolute atomic E-state index is 12.3. The molecule has 3 aromatic carbocycles. The second-order valence-electron chi connectivity index (χ2n) is 6.06. The number of hydrogen-bond acceptors (Lipinski definition) is 2. The third-order valence-corrected chi connectivity index (χ3v) is 4.82. The van der Waals surface area contributed by atoms with E-state index in [1.165, 1.54) is 0 Å². The number of fused-ring (bicyclic) bond motifs is 1. The molecular weight excluding hydrogens is 451 g/mol. The van der Waals surface area contributed by atoms with Crippen molar-refractivity contribution in [3.05, 3.63) is 72.8 Å². The first-order valence-corrected chi connectivity index (χ1v) is 10.1. The third-order valence-electron chi connectivity index (χ3n) is 3.95. The molecule has 0 spiro atoms. The van der Waals surface area contributed by atoms with E-state index in [9.17, 15) is 4.79 Å². The number of anilines is 2. The van der Waals surface area contributed by atoms with Gasteiger partial charge in [-0.25, -0.2) is 4.79 Å². The Bertz CT molecular complexity index is 1010. The van der Waals surface area contributed by atoms with E-state index in [0.717, 1.165) is 16.5 Å². The molecule has 0 unspecified atom stereocenters. The highest BCUT2D eigenvalue weighted by Gasteiger charge is 2.34. The number of alkyl halides is 3. The molecule has 0 bridgehead atoms. The Kier molecular flexibility index (Phi) is 7.03. The van der Waals surface area contributed by atoms with E-state index >= 15 is 0 Å². The first-order chi connectivity index (χ1) is 13.8. The summed E-state index contributed by atoms with van der Waals surface area (Å²) in [5.41, 5.74) is 1.39. The zero-order valence-corrected chi connectivity index (χ0v) is 18.0. The number of hydrogen-bond donors (Lipinski definition) is 4. The van der Waals surface area contributed by atoms with Gasteiger partial charge >= 0.3 is 6.03 Å². The summed E-state index contributed by atoms with van der Waals surface area (Å²) < 4.78 is -1.85. The summed E-state index contributed by atoms with van der Waals surface area (Å²) in [5.74, 6) is 0. The Morgan fingerprint density at radius 2 is 1.48 bits per heavy atom. The number of carbonyl (C=O) groups is 1. The topological polar surface area (TPSA) is 65.2 Å². The summed E-state index contributed by atoms with van der Waals surface area (Å²) in [7, 11) is 0. The molecule has 2 amide bonds. The molecule has 0 fully saturated rings. The van der Waals surface area contributed by atoms with Crippen LogP contribution in [0.25, 0.3) is 10.8 Å². The van der Waals surface area contributed by atoms with Crippen LogP contribution in [-0.2, 0) is 0 Å². The van der Waals surface area contributed by atoms with Crippen molar-refractivity contribution in [3.63, 3.8) is 0 Å². The molecule has 0 aromatic heterocycles. The van der Waals surface area contributed by atoms with Crippen LogP contribution in [0.5, 0.6) is 0 Å². The van der Waals surface area contributed by atoms with Crippen molar-refractivity contribution < 1.29 is 4.79 Å². The van der Waals surface area contributed by atoms with Gasteiger partial charge in [-0.15, -0.1) is 0 Å². The lowest BCUT2D eigenvalue weighted by atomic mass is 10.1. The van der Waals surface area contributed by atoms with Gasteiger partial charge in [0.15, 0.2) is 11.3 Å². The molecule has 1 atom stereocenters. The van der Waals surface area contributed by atoms with Gasteiger partial charge in [0.25, 0.3) is 0 Å². The van der Waals surface area contributed by atoms with Gasteiger partial charge in [0, 0.05) is 16.8 Å². The van der Waals surface area contributed by atoms with Crippen molar-refractivity contribution in [2.24, 2.45) is 0 Å². The minimum atomic E-state index is -1.85. The molecule has 0 aliphatic heterocycles. The van der Waals surface area contributed by atoms with Crippen molar-refractivity contribution >= 4 is 80.3 Å². The first kappa shape index (κ1) is 21.5. The molecule has 3 rings (SSSR count). The van der Waals surface area contributed by atoms with Crippen LogP contribution >= 0.6 is 47.0 Å². The fourth-order valence-corrected chi connectivity index (χ4v) is 3.20. The summed E-state index contributed by atoms with van der Waals surface area (Å²) >= 11 is 23.4. The molecule has 0 aliphatic carbocycles. The highest BCUT2D eigenvalue weighted by molar-refractivity contribution is 7.80. The average molecular weight is 468 g/mol. The Morgan fingerprint density at radius 1 is 0.828 bits per heavy atom. The number of carbonyl (C=O) groups excluding carboxylic acids is 1. The summed E-state index contributed by atoms with van der Waals surface area (Å²) in [6, 6.07) is 22.0. The fraction of sp³-hybridized carbons (Fsp3) is 0.100. The summed E-state index contributed by atoms with van der Waals surface area (Å²) in [6.07, 6.45) is -1.08. The molecule has 0 radical (unpaired) electrons. The smallest absolute Gasteiger partial charge is 0.320 e. The standard InChI is InChI=1S/C20H17Cl3N4OS/c21-20(22,23)17(26-18(28)24-14-9-2-1-3-10-14)27-19(29)25-16-12-6-8-13-7-4-5-11-15(13)16/h1-12,17H,(H2,24,26,28)(H2,25,27,29)/t17-/m1/s1.